The lowest BCUT2D eigenvalue weighted by Gasteiger charge is -2.24. The second-order valence-corrected chi connectivity index (χ2v) is 7.61. The fourth-order valence-electron chi connectivity index (χ4n) is 4.29. The molecular formula is C27H34N2O. The molecule has 0 heterocycles. The highest BCUT2D eigenvalue weighted by atomic mass is 16.1. The lowest BCUT2D eigenvalue weighted by Crippen LogP contribution is -2.22. The highest BCUT2D eigenvalue weighted by Crippen LogP contribution is 2.34. The number of Topliss-reactive ketones (excluding diaryl/α,β-unsaturated/α-hetero) is 1. The van der Waals surface area contributed by atoms with E-state index in [1.165, 1.54) is 16.9 Å². The highest BCUT2D eigenvalue weighted by Gasteiger charge is 2.23. The van der Waals surface area contributed by atoms with Crippen LogP contribution in [0.15, 0.2) is 59.7 Å². The smallest absolute Gasteiger partial charge is 0.163 e. The topological polar surface area (TPSA) is 23.6 Å². The molecule has 0 unspecified atom stereocenters. The zero-order valence-electron chi connectivity index (χ0n) is 18.8. The van der Waals surface area contributed by atoms with E-state index < -0.39 is 0 Å². The third-order valence-electron chi connectivity index (χ3n) is 5.98. The van der Waals surface area contributed by atoms with E-state index in [0.29, 0.717) is 6.42 Å². The van der Waals surface area contributed by atoms with Gasteiger partial charge in [-0.3, -0.25) is 4.79 Å². The van der Waals surface area contributed by atoms with Crippen LogP contribution < -0.4 is 9.80 Å². The summed E-state index contributed by atoms with van der Waals surface area (Å²) >= 11 is 0. The summed E-state index contributed by atoms with van der Waals surface area (Å²) in [7, 11) is 0. The summed E-state index contributed by atoms with van der Waals surface area (Å²) in [5.41, 5.74) is 6.75. The van der Waals surface area contributed by atoms with Crippen molar-refractivity contribution in [1.29, 1.82) is 0 Å². The van der Waals surface area contributed by atoms with Crippen LogP contribution in [-0.2, 0) is 4.79 Å². The number of ketones is 1. The minimum absolute atomic E-state index is 0.246. The van der Waals surface area contributed by atoms with Crippen molar-refractivity contribution in [3.63, 3.8) is 0 Å². The van der Waals surface area contributed by atoms with Gasteiger partial charge in [0.25, 0.3) is 0 Å². The van der Waals surface area contributed by atoms with E-state index in [4.69, 9.17) is 0 Å². The van der Waals surface area contributed by atoms with E-state index in [2.05, 4.69) is 98.2 Å². The van der Waals surface area contributed by atoms with Crippen LogP contribution in [0.4, 0.5) is 11.4 Å². The zero-order chi connectivity index (χ0) is 21.5. The third-order valence-corrected chi connectivity index (χ3v) is 5.98. The molecule has 1 fully saturated rings. The lowest BCUT2D eigenvalue weighted by atomic mass is 10.0. The molecule has 0 bridgehead atoms. The Hall–Kier alpha value is -2.81. The van der Waals surface area contributed by atoms with Gasteiger partial charge in [0, 0.05) is 49.5 Å². The van der Waals surface area contributed by atoms with Gasteiger partial charge in [-0.25, -0.2) is 0 Å². The molecule has 0 amide bonds. The van der Waals surface area contributed by atoms with E-state index in [0.717, 1.165) is 49.3 Å². The molecule has 2 aromatic rings. The van der Waals surface area contributed by atoms with Crippen LogP contribution in [-0.4, -0.2) is 32.0 Å². The second kappa shape index (κ2) is 10.3. The van der Waals surface area contributed by atoms with Crippen molar-refractivity contribution in [2.24, 2.45) is 0 Å². The Bertz CT molecular complexity index is 933. The molecule has 1 saturated carbocycles. The van der Waals surface area contributed by atoms with E-state index in [9.17, 15) is 4.79 Å². The minimum atomic E-state index is 0.246. The summed E-state index contributed by atoms with van der Waals surface area (Å²) in [6, 6.07) is 16.9. The van der Waals surface area contributed by atoms with Crippen LogP contribution in [0.25, 0.3) is 12.2 Å². The summed E-state index contributed by atoms with van der Waals surface area (Å²) in [6.07, 6.45) is 5.74. The first-order valence-electron chi connectivity index (χ1n) is 11.3. The van der Waals surface area contributed by atoms with Crippen LogP contribution in [0, 0.1) is 0 Å². The van der Waals surface area contributed by atoms with Crippen molar-refractivity contribution in [3.05, 3.63) is 70.8 Å². The number of carbonyl (C=O) groups is 1. The Morgan fingerprint density at radius 2 is 1.17 bits per heavy atom. The number of para-hydroxylation sites is 2. The number of anilines is 2. The molecule has 3 heteroatoms. The van der Waals surface area contributed by atoms with Crippen molar-refractivity contribution in [1.82, 2.24) is 0 Å². The molecule has 158 valence electrons. The van der Waals surface area contributed by atoms with Crippen LogP contribution in [0.2, 0.25) is 0 Å². The normalized spacial score (nSPS) is 16.5. The minimum Gasteiger partial charge on any atom is -0.372 e. The van der Waals surface area contributed by atoms with Crippen molar-refractivity contribution in [3.8, 4) is 0 Å². The summed E-state index contributed by atoms with van der Waals surface area (Å²) in [5.74, 6) is 0.246. The van der Waals surface area contributed by atoms with Gasteiger partial charge in [-0.1, -0.05) is 36.4 Å². The van der Waals surface area contributed by atoms with Gasteiger partial charge in [0.15, 0.2) is 5.78 Å². The number of hydrogen-bond acceptors (Lipinski definition) is 3. The number of nitrogens with zero attached hydrogens (tertiary/aromatic N) is 2. The van der Waals surface area contributed by atoms with Gasteiger partial charge in [0.1, 0.15) is 0 Å². The van der Waals surface area contributed by atoms with Crippen LogP contribution in [0.3, 0.4) is 0 Å². The largest absolute Gasteiger partial charge is 0.372 e. The quantitative estimate of drug-likeness (QED) is 0.491. The molecule has 1 aliphatic rings. The molecule has 0 radical (unpaired) electrons. The first kappa shape index (κ1) is 21.9. The van der Waals surface area contributed by atoms with Gasteiger partial charge in [-0.15, -0.1) is 0 Å². The summed E-state index contributed by atoms with van der Waals surface area (Å²) < 4.78 is 0. The van der Waals surface area contributed by atoms with Crippen LogP contribution >= 0.6 is 0 Å². The predicted octanol–water partition coefficient (Wildman–Crippen LogP) is 6.21. The van der Waals surface area contributed by atoms with Gasteiger partial charge in [0.2, 0.25) is 0 Å². The van der Waals surface area contributed by atoms with Gasteiger partial charge >= 0.3 is 0 Å². The van der Waals surface area contributed by atoms with Gasteiger partial charge < -0.3 is 9.80 Å². The maximum absolute atomic E-state index is 12.8. The van der Waals surface area contributed by atoms with Gasteiger partial charge in [-0.2, -0.15) is 0 Å². The van der Waals surface area contributed by atoms with Crippen LogP contribution in [0.5, 0.6) is 0 Å². The molecule has 0 spiro atoms. The zero-order valence-corrected chi connectivity index (χ0v) is 18.8. The van der Waals surface area contributed by atoms with Crippen LogP contribution in [0.1, 0.15) is 51.7 Å². The van der Waals surface area contributed by atoms with E-state index in [1.54, 1.807) is 0 Å². The molecule has 3 nitrogen and oxygen atoms in total. The molecular weight excluding hydrogens is 368 g/mol. The Labute approximate surface area is 181 Å². The fourth-order valence-corrected chi connectivity index (χ4v) is 4.29. The molecule has 2 aromatic carbocycles. The molecule has 0 aromatic heterocycles. The predicted molar refractivity (Wildman–Crippen MR) is 130 cm³/mol. The second-order valence-electron chi connectivity index (χ2n) is 7.61. The summed E-state index contributed by atoms with van der Waals surface area (Å²) in [5, 5.41) is 0. The van der Waals surface area contributed by atoms with Crippen molar-refractivity contribution >= 4 is 29.3 Å². The highest BCUT2D eigenvalue weighted by molar-refractivity contribution is 6.08. The maximum Gasteiger partial charge on any atom is 0.163 e. The molecule has 0 atom stereocenters. The molecule has 1 aliphatic carbocycles. The standard InChI is InChI=1S/C27H34N2O/c1-5-28(6-2)25-15-11-9-13-22(25)19-21-17-18-27(30)24(21)20-23-14-10-12-16-26(23)29(7-3)8-4/h9-16,19-20H,5-8,17-18H2,1-4H3. The summed E-state index contributed by atoms with van der Waals surface area (Å²) in [6.45, 7) is 12.5. The first-order valence-corrected chi connectivity index (χ1v) is 11.3. The third kappa shape index (κ3) is 4.67. The van der Waals surface area contributed by atoms with E-state index in [1.807, 2.05) is 0 Å². The van der Waals surface area contributed by atoms with Crippen molar-refractivity contribution in [2.75, 3.05) is 36.0 Å². The lowest BCUT2D eigenvalue weighted by molar-refractivity contribution is -0.114. The van der Waals surface area contributed by atoms with Crippen molar-refractivity contribution < 1.29 is 4.79 Å². The summed E-state index contributed by atoms with van der Waals surface area (Å²) in [4.78, 5) is 17.5. The Morgan fingerprint density at radius 1 is 0.700 bits per heavy atom. The maximum atomic E-state index is 12.8. The molecule has 30 heavy (non-hydrogen) atoms. The molecule has 3 rings (SSSR count). The SMILES string of the molecule is CCN(CC)c1ccccc1C=C1CCC(=O)C1=Cc1ccccc1N(CC)CC. The van der Waals surface area contributed by atoms with Gasteiger partial charge in [0.05, 0.1) is 0 Å². The number of carbonyl (C=O) groups excluding carboxylic acids is 1. The fraction of sp³-hybridized carbons (Fsp3) is 0.370. The van der Waals surface area contributed by atoms with Crippen molar-refractivity contribution in [2.45, 2.75) is 40.5 Å². The monoisotopic (exact) mass is 402 g/mol. The average Bonchev–Trinajstić information content (AvgIpc) is 3.11. The number of allylic oxidation sites excluding steroid dienone is 2. The Morgan fingerprint density at radius 3 is 1.67 bits per heavy atom. The number of hydrogen-bond donors (Lipinski definition) is 0. The average molecular weight is 403 g/mol. The molecule has 0 saturated heterocycles. The Kier molecular flexibility index (Phi) is 7.51. The number of rotatable bonds is 8. The Balaban J connectivity index is 2.05. The molecule has 0 aliphatic heterocycles. The number of benzene rings is 2. The van der Waals surface area contributed by atoms with Gasteiger partial charge in [-0.05, 0) is 75.1 Å². The van der Waals surface area contributed by atoms with E-state index >= 15 is 0 Å². The first-order chi connectivity index (χ1) is 14.6. The molecule has 0 N–H and O–H groups in total. The van der Waals surface area contributed by atoms with E-state index in [-0.39, 0.29) is 5.78 Å².